The fraction of sp³-hybridized carbons (Fsp3) is 0.462. The number of likely N-dealkylation sites (tertiary alicyclic amines) is 1. The molecule has 1 aromatic carbocycles. The van der Waals surface area contributed by atoms with E-state index in [1.165, 1.54) is 6.92 Å². The van der Waals surface area contributed by atoms with Crippen molar-refractivity contribution in [1.29, 1.82) is 0 Å². The van der Waals surface area contributed by atoms with Crippen LogP contribution in [-0.4, -0.2) is 33.4 Å². The first-order valence-electron chi connectivity index (χ1n) is 6.16. The van der Waals surface area contributed by atoms with Gasteiger partial charge in [-0.1, -0.05) is 0 Å². The van der Waals surface area contributed by atoms with E-state index in [9.17, 15) is 28.2 Å². The minimum absolute atomic E-state index is 0.0481. The molecular weight excluding hydrogens is 275 g/mol. The minimum atomic E-state index is -1.58. The molecule has 0 spiro atoms. The Morgan fingerprint density at radius 3 is 2.30 bits per heavy atom. The van der Waals surface area contributed by atoms with Crippen LogP contribution in [0.5, 0.6) is 0 Å². The molecule has 1 fully saturated rings. The second-order valence-corrected chi connectivity index (χ2v) is 4.89. The minimum Gasteiger partial charge on any atom is -0.465 e. The summed E-state index contributed by atoms with van der Waals surface area (Å²) in [6.07, 6.45) is -1.50. The molecule has 3 atom stereocenters. The van der Waals surface area contributed by atoms with E-state index in [0.717, 1.165) is 17.0 Å². The standard InChI is InChI=1S/C13H14F3NO3/c1-6(18)10-2-3-11(17(10)13(19)20)7-4-8(14)12(16)9(15)5-7/h4-6,10-11,18H,2-3H2,1H3,(H,19,20)/t6-,10+,11?/m1/s1. The van der Waals surface area contributed by atoms with E-state index in [1.54, 1.807) is 0 Å². The molecule has 2 N–H and O–H groups in total. The summed E-state index contributed by atoms with van der Waals surface area (Å²) in [6, 6.07) is 0.151. The normalized spacial score (nSPS) is 23.9. The summed E-state index contributed by atoms with van der Waals surface area (Å²) in [5.74, 6) is -4.29. The highest BCUT2D eigenvalue weighted by Crippen LogP contribution is 2.38. The molecule has 4 nitrogen and oxygen atoms in total. The highest BCUT2D eigenvalue weighted by Gasteiger charge is 2.40. The van der Waals surface area contributed by atoms with Crippen LogP contribution in [0.3, 0.4) is 0 Å². The van der Waals surface area contributed by atoms with Gasteiger partial charge in [0.2, 0.25) is 0 Å². The second-order valence-electron chi connectivity index (χ2n) is 4.89. The van der Waals surface area contributed by atoms with Crippen molar-refractivity contribution in [1.82, 2.24) is 4.90 Å². The summed E-state index contributed by atoms with van der Waals surface area (Å²) in [4.78, 5) is 12.3. The van der Waals surface area contributed by atoms with E-state index in [1.807, 2.05) is 0 Å². The monoisotopic (exact) mass is 289 g/mol. The predicted octanol–water partition coefficient (Wildman–Crippen LogP) is 2.67. The molecule has 1 saturated heterocycles. The van der Waals surface area contributed by atoms with E-state index in [2.05, 4.69) is 0 Å². The van der Waals surface area contributed by atoms with Crippen LogP contribution in [0.2, 0.25) is 0 Å². The Morgan fingerprint density at radius 1 is 1.30 bits per heavy atom. The second kappa shape index (κ2) is 5.32. The van der Waals surface area contributed by atoms with Crippen molar-refractivity contribution < 1.29 is 28.2 Å². The fourth-order valence-corrected chi connectivity index (χ4v) is 2.68. The van der Waals surface area contributed by atoms with Gasteiger partial charge in [0.25, 0.3) is 0 Å². The first-order chi connectivity index (χ1) is 9.32. The van der Waals surface area contributed by atoms with E-state index in [0.29, 0.717) is 12.8 Å². The third-order valence-electron chi connectivity index (χ3n) is 3.60. The molecule has 1 amide bonds. The average molecular weight is 289 g/mol. The topological polar surface area (TPSA) is 60.8 Å². The van der Waals surface area contributed by atoms with E-state index >= 15 is 0 Å². The summed E-state index contributed by atoms with van der Waals surface area (Å²) >= 11 is 0. The molecule has 7 heteroatoms. The van der Waals surface area contributed by atoms with Crippen LogP contribution >= 0.6 is 0 Å². The first-order valence-corrected chi connectivity index (χ1v) is 6.16. The molecule has 1 aliphatic heterocycles. The zero-order valence-electron chi connectivity index (χ0n) is 10.7. The number of carboxylic acid groups (broad SMARTS) is 1. The smallest absolute Gasteiger partial charge is 0.408 e. The molecule has 0 aromatic heterocycles. The van der Waals surface area contributed by atoms with Crippen molar-refractivity contribution in [3.05, 3.63) is 35.1 Å². The van der Waals surface area contributed by atoms with Gasteiger partial charge in [-0.05, 0) is 37.5 Å². The molecule has 0 saturated carbocycles. The predicted molar refractivity (Wildman–Crippen MR) is 63.6 cm³/mol. The van der Waals surface area contributed by atoms with Crippen LogP contribution in [-0.2, 0) is 0 Å². The van der Waals surface area contributed by atoms with Crippen LogP contribution in [0.1, 0.15) is 31.4 Å². The van der Waals surface area contributed by atoms with Crippen LogP contribution in [0.25, 0.3) is 0 Å². The number of hydrogen-bond donors (Lipinski definition) is 2. The number of aliphatic hydroxyl groups is 1. The van der Waals surface area contributed by atoms with Gasteiger partial charge in [0.15, 0.2) is 17.5 Å². The van der Waals surface area contributed by atoms with Crippen LogP contribution in [0.4, 0.5) is 18.0 Å². The van der Waals surface area contributed by atoms with E-state index in [-0.39, 0.29) is 5.56 Å². The molecule has 2 rings (SSSR count). The molecule has 110 valence electrons. The summed E-state index contributed by atoms with van der Waals surface area (Å²) < 4.78 is 39.4. The molecule has 0 radical (unpaired) electrons. The maximum absolute atomic E-state index is 13.2. The Hall–Kier alpha value is -1.76. The molecule has 1 aliphatic rings. The quantitative estimate of drug-likeness (QED) is 0.823. The highest BCUT2D eigenvalue weighted by molar-refractivity contribution is 5.67. The van der Waals surface area contributed by atoms with Crippen LogP contribution < -0.4 is 0 Å². The molecule has 20 heavy (non-hydrogen) atoms. The number of halogens is 3. The summed E-state index contributed by atoms with van der Waals surface area (Å²) in [5, 5.41) is 18.8. The number of hydrogen-bond acceptors (Lipinski definition) is 2. The lowest BCUT2D eigenvalue weighted by molar-refractivity contribution is 0.0633. The van der Waals surface area contributed by atoms with E-state index < -0.39 is 41.7 Å². The molecule has 1 aromatic rings. The Labute approximate surface area is 113 Å². The SMILES string of the molecule is C[C@@H](O)[C@@H]1CCC(c2cc(F)c(F)c(F)c2)N1C(=O)O. The van der Waals surface area contributed by atoms with Gasteiger partial charge in [-0.3, -0.25) is 4.90 Å². The van der Waals surface area contributed by atoms with Crippen molar-refractivity contribution >= 4 is 6.09 Å². The lowest BCUT2D eigenvalue weighted by atomic mass is 10.0. The third kappa shape index (κ3) is 2.45. The zero-order chi connectivity index (χ0) is 15.0. The highest BCUT2D eigenvalue weighted by atomic mass is 19.2. The number of rotatable bonds is 2. The lowest BCUT2D eigenvalue weighted by Gasteiger charge is -2.29. The van der Waals surface area contributed by atoms with Gasteiger partial charge in [-0.15, -0.1) is 0 Å². The van der Waals surface area contributed by atoms with Gasteiger partial charge >= 0.3 is 6.09 Å². The molecule has 0 bridgehead atoms. The van der Waals surface area contributed by atoms with Crippen LogP contribution in [0, 0.1) is 17.5 Å². The maximum Gasteiger partial charge on any atom is 0.408 e. The average Bonchev–Trinajstić information content (AvgIpc) is 2.80. The summed E-state index contributed by atoms with van der Waals surface area (Å²) in [5.41, 5.74) is 0.0481. The number of benzene rings is 1. The van der Waals surface area contributed by atoms with Crippen molar-refractivity contribution in [3.8, 4) is 0 Å². The fourth-order valence-electron chi connectivity index (χ4n) is 2.68. The van der Waals surface area contributed by atoms with Gasteiger partial charge < -0.3 is 10.2 Å². The number of nitrogens with zero attached hydrogens (tertiary/aromatic N) is 1. The Kier molecular flexibility index (Phi) is 3.89. The van der Waals surface area contributed by atoms with Gasteiger partial charge in [0.05, 0.1) is 18.2 Å². The summed E-state index contributed by atoms with van der Waals surface area (Å²) in [7, 11) is 0. The lowest BCUT2D eigenvalue weighted by Crippen LogP contribution is -2.42. The van der Waals surface area contributed by atoms with Gasteiger partial charge in [0.1, 0.15) is 0 Å². The molecular formula is C13H14F3NO3. The largest absolute Gasteiger partial charge is 0.465 e. The molecule has 1 heterocycles. The number of aliphatic hydroxyl groups excluding tert-OH is 1. The molecule has 0 aliphatic carbocycles. The van der Waals surface area contributed by atoms with Crippen molar-refractivity contribution in [2.24, 2.45) is 0 Å². The molecule has 1 unspecified atom stereocenters. The zero-order valence-corrected chi connectivity index (χ0v) is 10.7. The number of amides is 1. The number of carbonyl (C=O) groups is 1. The Balaban J connectivity index is 2.39. The van der Waals surface area contributed by atoms with Crippen molar-refractivity contribution in [2.75, 3.05) is 0 Å². The van der Waals surface area contributed by atoms with Gasteiger partial charge in [-0.2, -0.15) is 0 Å². The van der Waals surface area contributed by atoms with Crippen molar-refractivity contribution in [3.63, 3.8) is 0 Å². The first kappa shape index (κ1) is 14.6. The van der Waals surface area contributed by atoms with E-state index in [4.69, 9.17) is 0 Å². The Bertz CT molecular complexity index is 513. The van der Waals surface area contributed by atoms with Gasteiger partial charge in [-0.25, -0.2) is 18.0 Å². The maximum atomic E-state index is 13.2. The van der Waals surface area contributed by atoms with Crippen LogP contribution in [0.15, 0.2) is 12.1 Å². The third-order valence-corrected chi connectivity index (χ3v) is 3.60. The summed E-state index contributed by atoms with van der Waals surface area (Å²) in [6.45, 7) is 1.45. The van der Waals surface area contributed by atoms with Gasteiger partial charge in [0, 0.05) is 0 Å². The van der Waals surface area contributed by atoms with Crippen molar-refractivity contribution in [2.45, 2.75) is 38.0 Å². The Morgan fingerprint density at radius 2 is 1.85 bits per heavy atom.